The van der Waals surface area contributed by atoms with Gasteiger partial charge in [-0.1, -0.05) is 30.3 Å². The van der Waals surface area contributed by atoms with E-state index in [0.29, 0.717) is 6.61 Å². The zero-order valence-corrected chi connectivity index (χ0v) is 17.4. The van der Waals surface area contributed by atoms with Gasteiger partial charge in [0.1, 0.15) is 17.4 Å². The first-order chi connectivity index (χ1) is 12.4. The SMILES string of the molecule is C[C@H](NC(=O)[C@H](C)N1[C@H](c2ccccc2)COC1(C)C)C(=O)OC(C)(C)C. The van der Waals surface area contributed by atoms with E-state index >= 15 is 0 Å². The number of rotatable bonds is 5. The summed E-state index contributed by atoms with van der Waals surface area (Å²) in [5.74, 6) is -0.674. The highest BCUT2D eigenvalue weighted by atomic mass is 16.6. The second-order valence-corrected chi connectivity index (χ2v) is 8.53. The first-order valence-electron chi connectivity index (χ1n) is 9.43. The molecular formula is C21H32N2O4. The van der Waals surface area contributed by atoms with Crippen molar-refractivity contribution in [1.29, 1.82) is 0 Å². The zero-order chi connectivity index (χ0) is 20.4. The summed E-state index contributed by atoms with van der Waals surface area (Å²) in [6, 6.07) is 8.78. The van der Waals surface area contributed by atoms with Gasteiger partial charge in [0.15, 0.2) is 0 Å². The maximum absolute atomic E-state index is 12.9. The third-order valence-corrected chi connectivity index (χ3v) is 4.65. The van der Waals surface area contributed by atoms with Crippen molar-refractivity contribution in [2.75, 3.05) is 6.61 Å². The van der Waals surface area contributed by atoms with Crippen LogP contribution in [0.2, 0.25) is 0 Å². The Balaban J connectivity index is 2.12. The van der Waals surface area contributed by atoms with Gasteiger partial charge in [0.25, 0.3) is 0 Å². The lowest BCUT2D eigenvalue weighted by Crippen LogP contribution is -2.55. The van der Waals surface area contributed by atoms with E-state index in [2.05, 4.69) is 10.2 Å². The van der Waals surface area contributed by atoms with E-state index in [4.69, 9.17) is 9.47 Å². The van der Waals surface area contributed by atoms with Gasteiger partial charge in [-0.15, -0.1) is 0 Å². The number of hydrogen-bond acceptors (Lipinski definition) is 5. The lowest BCUT2D eigenvalue weighted by Gasteiger charge is -2.38. The van der Waals surface area contributed by atoms with Gasteiger partial charge in [-0.25, -0.2) is 4.79 Å². The predicted octanol–water partition coefficient (Wildman–Crippen LogP) is 3.03. The van der Waals surface area contributed by atoms with Gasteiger partial charge in [-0.3, -0.25) is 9.69 Å². The quantitative estimate of drug-likeness (QED) is 0.800. The molecule has 1 heterocycles. The van der Waals surface area contributed by atoms with Crippen LogP contribution in [0.25, 0.3) is 0 Å². The summed E-state index contributed by atoms with van der Waals surface area (Å²) in [4.78, 5) is 27.1. The van der Waals surface area contributed by atoms with Crippen molar-refractivity contribution in [3.63, 3.8) is 0 Å². The van der Waals surface area contributed by atoms with Crippen molar-refractivity contribution in [3.8, 4) is 0 Å². The summed E-state index contributed by atoms with van der Waals surface area (Å²) >= 11 is 0. The molecule has 1 aromatic rings. The van der Waals surface area contributed by atoms with E-state index in [0.717, 1.165) is 5.56 Å². The van der Waals surface area contributed by atoms with Gasteiger partial charge in [0, 0.05) is 0 Å². The lowest BCUT2D eigenvalue weighted by atomic mass is 10.0. The third-order valence-electron chi connectivity index (χ3n) is 4.65. The van der Waals surface area contributed by atoms with Gasteiger partial charge >= 0.3 is 5.97 Å². The molecule has 1 aliphatic heterocycles. The van der Waals surface area contributed by atoms with E-state index in [1.165, 1.54) is 0 Å². The molecule has 6 nitrogen and oxygen atoms in total. The number of esters is 1. The van der Waals surface area contributed by atoms with Gasteiger partial charge in [0.05, 0.1) is 18.7 Å². The fraction of sp³-hybridized carbons (Fsp3) is 0.619. The first kappa shape index (κ1) is 21.4. The first-order valence-corrected chi connectivity index (χ1v) is 9.43. The molecule has 6 heteroatoms. The predicted molar refractivity (Wildman–Crippen MR) is 104 cm³/mol. The molecule has 0 radical (unpaired) electrons. The van der Waals surface area contributed by atoms with Crippen molar-refractivity contribution >= 4 is 11.9 Å². The van der Waals surface area contributed by atoms with Gasteiger partial charge in [-0.2, -0.15) is 0 Å². The van der Waals surface area contributed by atoms with Crippen LogP contribution in [-0.2, 0) is 19.1 Å². The molecule has 27 heavy (non-hydrogen) atoms. The lowest BCUT2D eigenvalue weighted by molar-refractivity contribution is -0.158. The minimum atomic E-state index is -0.721. The van der Waals surface area contributed by atoms with E-state index in [-0.39, 0.29) is 11.9 Å². The van der Waals surface area contributed by atoms with Crippen molar-refractivity contribution in [1.82, 2.24) is 10.2 Å². The fourth-order valence-corrected chi connectivity index (χ4v) is 3.39. The zero-order valence-electron chi connectivity index (χ0n) is 17.4. The van der Waals surface area contributed by atoms with Gasteiger partial charge in [0.2, 0.25) is 5.91 Å². The van der Waals surface area contributed by atoms with Gasteiger partial charge < -0.3 is 14.8 Å². The van der Waals surface area contributed by atoms with Crippen LogP contribution in [-0.4, -0.2) is 46.8 Å². The van der Waals surface area contributed by atoms with Gasteiger partial charge in [-0.05, 0) is 54.0 Å². The molecule has 0 aromatic heterocycles. The fourth-order valence-electron chi connectivity index (χ4n) is 3.39. The summed E-state index contributed by atoms with van der Waals surface area (Å²) in [5.41, 5.74) is -0.0833. The molecule has 1 aliphatic rings. The van der Waals surface area contributed by atoms with Crippen molar-refractivity contribution in [3.05, 3.63) is 35.9 Å². The largest absolute Gasteiger partial charge is 0.458 e. The van der Waals surface area contributed by atoms with E-state index in [1.54, 1.807) is 27.7 Å². The van der Waals surface area contributed by atoms with Crippen molar-refractivity contribution in [2.45, 2.75) is 77.9 Å². The Morgan fingerprint density at radius 1 is 1.22 bits per heavy atom. The second kappa shape index (κ2) is 7.98. The Morgan fingerprint density at radius 2 is 1.81 bits per heavy atom. The third kappa shape index (κ3) is 5.30. The summed E-state index contributed by atoms with van der Waals surface area (Å²) in [6.07, 6.45) is 0. The van der Waals surface area contributed by atoms with Crippen LogP contribution in [0, 0.1) is 0 Å². The Hall–Kier alpha value is -1.92. The highest BCUT2D eigenvalue weighted by molar-refractivity contribution is 5.87. The smallest absolute Gasteiger partial charge is 0.328 e. The molecule has 0 saturated carbocycles. The van der Waals surface area contributed by atoms with Crippen LogP contribution >= 0.6 is 0 Å². The topological polar surface area (TPSA) is 67.9 Å². The average molecular weight is 376 g/mol. The molecule has 1 aromatic carbocycles. The van der Waals surface area contributed by atoms with Crippen LogP contribution in [0.1, 0.15) is 60.1 Å². The van der Waals surface area contributed by atoms with E-state index in [1.807, 2.05) is 51.1 Å². The second-order valence-electron chi connectivity index (χ2n) is 8.53. The molecule has 2 rings (SSSR count). The standard InChI is InChI=1S/C21H32N2O4/c1-14(19(25)27-20(3,4)5)22-18(24)15(2)23-17(13-26-21(23,6)7)16-11-9-8-10-12-16/h8-12,14-15,17H,13H2,1-7H3,(H,22,24)/t14-,15-,17-/m0/s1. The molecule has 150 valence electrons. The Kier molecular flexibility index (Phi) is 6.32. The van der Waals surface area contributed by atoms with Crippen LogP contribution in [0.3, 0.4) is 0 Å². The number of ether oxygens (including phenoxy) is 2. The summed E-state index contributed by atoms with van der Waals surface area (Å²) < 4.78 is 11.3. The molecule has 0 spiro atoms. The number of carbonyl (C=O) groups excluding carboxylic acids is 2. The van der Waals surface area contributed by atoms with Crippen LogP contribution in [0.4, 0.5) is 0 Å². The van der Waals surface area contributed by atoms with Crippen molar-refractivity contribution in [2.24, 2.45) is 0 Å². The molecule has 1 fully saturated rings. The number of nitrogens with zero attached hydrogens (tertiary/aromatic N) is 1. The molecule has 1 amide bonds. The highest BCUT2D eigenvalue weighted by Crippen LogP contribution is 2.38. The number of benzene rings is 1. The molecule has 1 N–H and O–H groups in total. The maximum Gasteiger partial charge on any atom is 0.328 e. The molecule has 0 aliphatic carbocycles. The van der Waals surface area contributed by atoms with E-state index in [9.17, 15) is 9.59 Å². The number of amides is 1. The number of hydrogen-bond donors (Lipinski definition) is 1. The number of carbonyl (C=O) groups is 2. The molecule has 0 bridgehead atoms. The highest BCUT2D eigenvalue weighted by Gasteiger charge is 2.46. The Labute approximate surface area is 162 Å². The van der Waals surface area contributed by atoms with E-state index < -0.39 is 29.4 Å². The van der Waals surface area contributed by atoms with Crippen LogP contribution in [0.15, 0.2) is 30.3 Å². The molecule has 0 unspecified atom stereocenters. The summed E-state index contributed by atoms with van der Waals surface area (Å²) in [6.45, 7) is 13.3. The maximum atomic E-state index is 12.9. The average Bonchev–Trinajstić information content (AvgIpc) is 2.88. The minimum absolute atomic E-state index is 0.0289. The monoisotopic (exact) mass is 376 g/mol. The molecular weight excluding hydrogens is 344 g/mol. The van der Waals surface area contributed by atoms with Crippen LogP contribution < -0.4 is 5.32 Å². The Morgan fingerprint density at radius 3 is 2.37 bits per heavy atom. The van der Waals surface area contributed by atoms with Crippen molar-refractivity contribution < 1.29 is 19.1 Å². The molecule has 3 atom stereocenters. The molecule has 1 saturated heterocycles. The Bertz CT molecular complexity index is 667. The van der Waals surface area contributed by atoms with Crippen LogP contribution in [0.5, 0.6) is 0 Å². The minimum Gasteiger partial charge on any atom is -0.458 e. The summed E-state index contributed by atoms with van der Waals surface area (Å²) in [7, 11) is 0. The number of nitrogens with one attached hydrogen (secondary N) is 1. The summed E-state index contributed by atoms with van der Waals surface area (Å²) in [5, 5.41) is 2.78. The normalized spacial score (nSPS) is 22.1.